The number of hydrogen-bond donors (Lipinski definition) is 4. The Kier molecular flexibility index (Phi) is 9.70. The zero-order chi connectivity index (χ0) is 34.9. The van der Waals surface area contributed by atoms with Gasteiger partial charge in [-0.2, -0.15) is 0 Å². The van der Waals surface area contributed by atoms with Crippen molar-refractivity contribution >= 4 is 46.5 Å². The molecule has 3 heterocycles. The Morgan fingerprint density at radius 1 is 1.08 bits per heavy atom. The smallest absolute Gasteiger partial charge is 0.408 e. The third-order valence-corrected chi connectivity index (χ3v) is 9.71. The van der Waals surface area contributed by atoms with Gasteiger partial charge in [0.05, 0.1) is 23.6 Å². The van der Waals surface area contributed by atoms with E-state index >= 15 is 0 Å². The Morgan fingerprint density at radius 3 is 2.51 bits per heavy atom. The van der Waals surface area contributed by atoms with Gasteiger partial charge < -0.3 is 25.6 Å². The van der Waals surface area contributed by atoms with E-state index in [4.69, 9.17) is 9.57 Å². The van der Waals surface area contributed by atoms with Crippen molar-refractivity contribution in [2.45, 2.75) is 121 Å². The molecule has 4 atom stereocenters. The molecule has 3 fully saturated rings. The third kappa shape index (κ3) is 7.58. The molecule has 1 aromatic heterocycles. The van der Waals surface area contributed by atoms with E-state index in [2.05, 4.69) is 26.4 Å². The number of para-hydroxylation sites is 2. The molecule has 14 heteroatoms. The number of alkyl carbamates (subject to hydrolysis) is 1. The number of benzene rings is 1. The monoisotopic (exact) mass is 677 g/mol. The molecule has 1 aromatic carbocycles. The fourth-order valence-electron chi connectivity index (χ4n) is 6.87. The lowest BCUT2D eigenvalue weighted by molar-refractivity contribution is -0.144. The number of nitrogens with one attached hydrogen (secondary N) is 4. The summed E-state index contributed by atoms with van der Waals surface area (Å²) in [6.45, 7) is 7.33. The van der Waals surface area contributed by atoms with Gasteiger partial charge in [-0.3, -0.25) is 28.6 Å². The second-order valence-electron chi connectivity index (χ2n) is 14.8. The number of nitrogens with zero attached hydrogens (tertiary/aromatic N) is 3. The van der Waals surface area contributed by atoms with Crippen molar-refractivity contribution in [3.8, 4) is 0 Å². The van der Waals surface area contributed by atoms with Gasteiger partial charge in [0.15, 0.2) is 0 Å². The number of fused-ring (bicyclic) bond motifs is 1. The molecule has 4 aliphatic rings. The van der Waals surface area contributed by atoms with Gasteiger partial charge in [-0.1, -0.05) is 46.2 Å². The molecular formula is C35H47N7O7. The summed E-state index contributed by atoms with van der Waals surface area (Å²) in [6.07, 6.45) is 8.62. The van der Waals surface area contributed by atoms with Gasteiger partial charge in [0, 0.05) is 12.5 Å². The molecule has 14 nitrogen and oxygen atoms in total. The van der Waals surface area contributed by atoms with Gasteiger partial charge >= 0.3 is 6.09 Å². The standard InChI is InChI=1S/C35H47N7O7/c1-5-10-24(28(43)31(45)37-21-15-16-21)38-30(44)26-17-35(18-27(40-49-35)42-20-36-23-13-8-9-14-25(23)42)19-41(26)32(46)29(34(2,3)4)39-33(47)48-22-11-6-7-12-22/h8-9,13-14,18,20-22,24,26,29,40H,5-7,10-12,15-17,19H2,1-4H3,(H,37,45)(H,38,44)(H,39,47)/t24-,26-,29+,35-/m0/s1. The van der Waals surface area contributed by atoms with Crippen molar-refractivity contribution in [2.24, 2.45) is 5.41 Å². The second kappa shape index (κ2) is 13.8. The summed E-state index contributed by atoms with van der Waals surface area (Å²) in [5.41, 5.74) is 2.71. The van der Waals surface area contributed by atoms with Crippen molar-refractivity contribution in [1.29, 1.82) is 0 Å². The number of ether oxygens (including phenoxy) is 1. The van der Waals surface area contributed by atoms with Crippen molar-refractivity contribution in [3.63, 3.8) is 0 Å². The van der Waals surface area contributed by atoms with Crippen LogP contribution in [0.1, 0.15) is 85.5 Å². The quantitative estimate of drug-likeness (QED) is 0.261. The molecule has 2 aromatic rings. The van der Waals surface area contributed by atoms with E-state index in [-0.39, 0.29) is 31.5 Å². The van der Waals surface area contributed by atoms with Crippen LogP contribution in [0.2, 0.25) is 0 Å². The number of aromatic nitrogens is 2. The van der Waals surface area contributed by atoms with Crippen LogP contribution in [-0.2, 0) is 28.8 Å². The molecule has 2 aliphatic heterocycles. The van der Waals surface area contributed by atoms with Gasteiger partial charge in [-0.05, 0) is 68.6 Å². The van der Waals surface area contributed by atoms with Crippen LogP contribution in [0.25, 0.3) is 16.9 Å². The zero-order valence-corrected chi connectivity index (χ0v) is 28.6. The third-order valence-electron chi connectivity index (χ3n) is 9.71. The van der Waals surface area contributed by atoms with E-state index in [1.54, 1.807) is 6.33 Å². The van der Waals surface area contributed by atoms with Gasteiger partial charge in [0.2, 0.25) is 17.6 Å². The molecule has 2 aliphatic carbocycles. The molecule has 4 N–H and O–H groups in total. The van der Waals surface area contributed by atoms with E-state index in [1.165, 1.54) is 4.90 Å². The lowest BCUT2D eigenvalue weighted by Gasteiger charge is -2.35. The number of hydrogen-bond acceptors (Lipinski definition) is 9. The number of likely N-dealkylation sites (tertiary alicyclic amines) is 1. The normalized spacial score (nSPS) is 23.6. The van der Waals surface area contributed by atoms with Crippen LogP contribution < -0.4 is 21.4 Å². The first kappa shape index (κ1) is 34.4. The molecular weight excluding hydrogens is 630 g/mol. The fraction of sp³-hybridized carbons (Fsp3) is 0.600. The number of imidazole rings is 1. The Morgan fingerprint density at radius 2 is 1.82 bits per heavy atom. The van der Waals surface area contributed by atoms with Crippen molar-refractivity contribution in [3.05, 3.63) is 36.7 Å². The van der Waals surface area contributed by atoms with Crippen LogP contribution in [-0.4, -0.2) is 86.5 Å². The lowest BCUT2D eigenvalue weighted by atomic mass is 9.85. The average Bonchev–Trinajstić information content (AvgIpc) is 3.45. The Hall–Kier alpha value is -4.46. The molecule has 49 heavy (non-hydrogen) atoms. The van der Waals surface area contributed by atoms with Crippen molar-refractivity contribution in [1.82, 2.24) is 35.9 Å². The van der Waals surface area contributed by atoms with Gasteiger partial charge in [-0.15, -0.1) is 0 Å². The second-order valence-corrected chi connectivity index (χ2v) is 14.8. The van der Waals surface area contributed by atoms with Crippen LogP contribution in [0, 0.1) is 5.41 Å². The molecule has 0 unspecified atom stereocenters. The van der Waals surface area contributed by atoms with Crippen LogP contribution in [0.4, 0.5) is 4.79 Å². The molecule has 264 valence electrons. The van der Waals surface area contributed by atoms with E-state index < -0.39 is 58.7 Å². The minimum Gasteiger partial charge on any atom is -0.446 e. The molecule has 4 amide bonds. The van der Waals surface area contributed by atoms with Crippen molar-refractivity contribution in [2.75, 3.05) is 6.54 Å². The summed E-state index contributed by atoms with van der Waals surface area (Å²) in [5.74, 6) is -1.95. The van der Waals surface area contributed by atoms with Gasteiger partial charge in [-0.25, -0.2) is 15.3 Å². The minimum atomic E-state index is -1.13. The largest absolute Gasteiger partial charge is 0.446 e. The maximum absolute atomic E-state index is 14.5. The number of carbonyl (C=O) groups excluding carboxylic acids is 5. The topological polar surface area (TPSA) is 173 Å². The number of rotatable bonds is 11. The Balaban J connectivity index is 1.28. The highest BCUT2D eigenvalue weighted by Gasteiger charge is 2.54. The van der Waals surface area contributed by atoms with Crippen LogP contribution in [0.15, 0.2) is 36.7 Å². The summed E-state index contributed by atoms with van der Waals surface area (Å²) >= 11 is 0. The highest BCUT2D eigenvalue weighted by Crippen LogP contribution is 2.38. The lowest BCUT2D eigenvalue weighted by Crippen LogP contribution is -2.59. The predicted molar refractivity (Wildman–Crippen MR) is 179 cm³/mol. The summed E-state index contributed by atoms with van der Waals surface area (Å²) < 4.78 is 7.47. The minimum absolute atomic E-state index is 0.0139. The molecule has 1 saturated heterocycles. The number of Topliss-reactive ketones (excluding diaryl/α,β-unsaturated/α-hetero) is 1. The van der Waals surface area contributed by atoms with Gasteiger partial charge in [0.1, 0.15) is 35.9 Å². The van der Waals surface area contributed by atoms with Crippen LogP contribution >= 0.6 is 0 Å². The first-order valence-electron chi connectivity index (χ1n) is 17.4. The molecule has 6 rings (SSSR count). The Labute approximate surface area is 285 Å². The molecule has 2 saturated carbocycles. The highest BCUT2D eigenvalue weighted by molar-refractivity contribution is 6.38. The van der Waals surface area contributed by atoms with E-state index in [9.17, 15) is 24.0 Å². The maximum Gasteiger partial charge on any atom is 0.408 e. The average molecular weight is 678 g/mol. The van der Waals surface area contributed by atoms with E-state index in [0.717, 1.165) is 49.6 Å². The Bertz CT molecular complexity index is 1640. The predicted octanol–water partition coefficient (Wildman–Crippen LogP) is 2.93. The SMILES string of the molecule is CCC[C@H](NC(=O)[C@@H]1C[C@]2(C=C(n3cnc4ccccc43)NO2)CN1C(=O)[C@@H](NC(=O)OC1CCCC1)C(C)(C)C)C(=O)C(=O)NC1CC1. The first-order chi connectivity index (χ1) is 23.4. The maximum atomic E-state index is 14.5. The number of hydroxylamine groups is 1. The van der Waals surface area contributed by atoms with Crippen molar-refractivity contribution < 1.29 is 33.5 Å². The fourth-order valence-corrected chi connectivity index (χ4v) is 6.87. The molecule has 0 radical (unpaired) electrons. The number of carbonyl (C=O) groups is 5. The highest BCUT2D eigenvalue weighted by atomic mass is 16.7. The zero-order valence-electron chi connectivity index (χ0n) is 28.6. The van der Waals surface area contributed by atoms with E-state index in [1.807, 2.05) is 62.6 Å². The van der Waals surface area contributed by atoms with Crippen LogP contribution in [0.5, 0.6) is 0 Å². The molecule has 0 bridgehead atoms. The first-order valence-corrected chi connectivity index (χ1v) is 17.4. The number of ketones is 1. The summed E-state index contributed by atoms with van der Waals surface area (Å²) in [4.78, 5) is 79.6. The summed E-state index contributed by atoms with van der Waals surface area (Å²) in [7, 11) is 0. The van der Waals surface area contributed by atoms with Crippen LogP contribution in [0.3, 0.4) is 0 Å². The summed E-state index contributed by atoms with van der Waals surface area (Å²) in [6, 6.07) is 4.41. The van der Waals surface area contributed by atoms with Gasteiger partial charge in [0.25, 0.3) is 5.91 Å². The van der Waals surface area contributed by atoms with E-state index in [0.29, 0.717) is 12.2 Å². The molecule has 1 spiro atoms. The number of amides is 4. The summed E-state index contributed by atoms with van der Waals surface area (Å²) in [5, 5.41) is 8.29.